The number of benzene rings is 1. The highest BCUT2D eigenvalue weighted by Crippen LogP contribution is 2.21. The molecule has 0 aliphatic heterocycles. The lowest BCUT2D eigenvalue weighted by atomic mass is 9.93. The Morgan fingerprint density at radius 3 is 2.68 bits per heavy atom. The first-order chi connectivity index (χ1) is 9.17. The van der Waals surface area contributed by atoms with Gasteiger partial charge in [-0.1, -0.05) is 31.2 Å². The smallest absolute Gasteiger partial charge is 0.106 e. The topological polar surface area (TPSA) is 35.8 Å². The van der Waals surface area contributed by atoms with E-state index in [9.17, 15) is 5.26 Å². The first-order valence-corrected chi connectivity index (χ1v) is 8.05. The molecule has 0 saturated heterocycles. The molecule has 0 heterocycles. The van der Waals surface area contributed by atoms with Crippen LogP contribution in [0.15, 0.2) is 24.3 Å². The zero-order valence-corrected chi connectivity index (χ0v) is 13.0. The predicted octanol–water partition coefficient (Wildman–Crippen LogP) is 3.90. The van der Waals surface area contributed by atoms with E-state index in [-0.39, 0.29) is 5.54 Å². The average molecular weight is 276 g/mol. The summed E-state index contributed by atoms with van der Waals surface area (Å²) in [6.07, 6.45) is 2.87. The van der Waals surface area contributed by atoms with Crippen LogP contribution < -0.4 is 5.32 Å². The van der Waals surface area contributed by atoms with Crippen molar-refractivity contribution in [2.75, 3.05) is 12.8 Å². The van der Waals surface area contributed by atoms with Crippen LogP contribution in [-0.2, 0) is 5.75 Å². The van der Waals surface area contributed by atoms with Gasteiger partial charge in [0.05, 0.1) is 6.07 Å². The van der Waals surface area contributed by atoms with Gasteiger partial charge in [0, 0.05) is 5.75 Å². The van der Waals surface area contributed by atoms with Gasteiger partial charge in [-0.05, 0) is 50.1 Å². The molecule has 19 heavy (non-hydrogen) atoms. The van der Waals surface area contributed by atoms with Gasteiger partial charge in [-0.2, -0.15) is 17.0 Å². The Kier molecular flexibility index (Phi) is 6.97. The van der Waals surface area contributed by atoms with Gasteiger partial charge in [0.25, 0.3) is 0 Å². The Morgan fingerprint density at radius 1 is 1.37 bits per heavy atom. The lowest BCUT2D eigenvalue weighted by molar-refractivity contribution is 0.400. The number of nitrogens with zero attached hydrogens (tertiary/aromatic N) is 1. The quantitative estimate of drug-likeness (QED) is 0.731. The Bertz CT molecular complexity index is 419. The van der Waals surface area contributed by atoms with E-state index in [4.69, 9.17) is 0 Å². The normalized spacial score (nSPS) is 13.8. The fraction of sp³-hybridized carbons (Fsp3) is 0.562. The summed E-state index contributed by atoms with van der Waals surface area (Å²) in [5.41, 5.74) is 2.46. The summed E-state index contributed by atoms with van der Waals surface area (Å²) in [5, 5.41) is 12.4. The van der Waals surface area contributed by atoms with Crippen LogP contribution in [0.25, 0.3) is 0 Å². The molecular formula is C16H24N2S. The summed E-state index contributed by atoms with van der Waals surface area (Å²) in [6, 6.07) is 11.0. The molecule has 0 aliphatic rings. The van der Waals surface area contributed by atoms with Crippen LogP contribution in [0.1, 0.15) is 37.3 Å². The fourth-order valence-electron chi connectivity index (χ4n) is 2.10. The molecule has 2 nitrogen and oxygen atoms in total. The van der Waals surface area contributed by atoms with Crippen LogP contribution in [0.3, 0.4) is 0 Å². The van der Waals surface area contributed by atoms with E-state index in [1.54, 1.807) is 0 Å². The van der Waals surface area contributed by atoms with Gasteiger partial charge in [-0.15, -0.1) is 0 Å². The maximum atomic E-state index is 9.23. The molecule has 0 spiro atoms. The third-order valence-corrected chi connectivity index (χ3v) is 4.80. The largest absolute Gasteiger partial charge is 0.302 e. The van der Waals surface area contributed by atoms with Crippen LogP contribution in [0.4, 0.5) is 0 Å². The number of rotatable bonds is 8. The van der Waals surface area contributed by atoms with Crippen LogP contribution in [0, 0.1) is 18.3 Å². The molecule has 0 aliphatic carbocycles. The highest BCUT2D eigenvalue weighted by molar-refractivity contribution is 7.98. The molecule has 0 amide bonds. The van der Waals surface area contributed by atoms with Crippen molar-refractivity contribution in [3.05, 3.63) is 35.4 Å². The van der Waals surface area contributed by atoms with Crippen LogP contribution in [0.2, 0.25) is 0 Å². The summed E-state index contributed by atoms with van der Waals surface area (Å²) in [6.45, 7) is 4.23. The molecular weight excluding hydrogens is 252 g/mol. The molecule has 1 rings (SSSR count). The van der Waals surface area contributed by atoms with Crippen LogP contribution in [0.5, 0.6) is 0 Å². The number of hydrogen-bond acceptors (Lipinski definition) is 3. The molecule has 1 atom stereocenters. The summed E-state index contributed by atoms with van der Waals surface area (Å²) >= 11 is 1.96. The molecule has 1 aromatic carbocycles. The second-order valence-corrected chi connectivity index (χ2v) is 5.99. The van der Waals surface area contributed by atoms with E-state index in [0.717, 1.165) is 30.8 Å². The standard InChI is InChI=1S/C16H24N2S/c1-4-16(13-17,18-3)10-7-11-19-12-15-9-6-5-8-14(15)2/h5-6,8-9,18H,4,7,10-12H2,1-3H3. The van der Waals surface area contributed by atoms with Gasteiger partial charge in [0.2, 0.25) is 0 Å². The van der Waals surface area contributed by atoms with Gasteiger partial charge in [-0.3, -0.25) is 0 Å². The number of thioether (sulfide) groups is 1. The van der Waals surface area contributed by atoms with Crippen molar-refractivity contribution in [1.82, 2.24) is 5.32 Å². The van der Waals surface area contributed by atoms with E-state index in [2.05, 4.69) is 49.5 Å². The maximum Gasteiger partial charge on any atom is 0.106 e. The van der Waals surface area contributed by atoms with E-state index >= 15 is 0 Å². The second-order valence-electron chi connectivity index (χ2n) is 4.88. The number of nitriles is 1. The monoisotopic (exact) mass is 276 g/mol. The van der Waals surface area contributed by atoms with Gasteiger partial charge in [0.1, 0.15) is 5.54 Å². The highest BCUT2D eigenvalue weighted by atomic mass is 32.2. The Labute approximate surface area is 121 Å². The van der Waals surface area contributed by atoms with Crippen LogP contribution >= 0.6 is 11.8 Å². The number of nitrogens with one attached hydrogen (secondary N) is 1. The zero-order chi connectivity index (χ0) is 14.1. The molecule has 0 saturated carbocycles. The highest BCUT2D eigenvalue weighted by Gasteiger charge is 2.24. The summed E-state index contributed by atoms with van der Waals surface area (Å²) < 4.78 is 0. The molecule has 0 radical (unpaired) electrons. The van der Waals surface area contributed by atoms with E-state index < -0.39 is 0 Å². The predicted molar refractivity (Wildman–Crippen MR) is 84.3 cm³/mol. The Morgan fingerprint density at radius 2 is 2.11 bits per heavy atom. The minimum absolute atomic E-state index is 0.330. The minimum Gasteiger partial charge on any atom is -0.302 e. The lowest BCUT2D eigenvalue weighted by Crippen LogP contribution is -2.40. The molecule has 104 valence electrons. The van der Waals surface area contributed by atoms with E-state index in [1.807, 2.05) is 18.8 Å². The maximum absolute atomic E-state index is 9.23. The van der Waals surface area contributed by atoms with Gasteiger partial charge in [-0.25, -0.2) is 0 Å². The summed E-state index contributed by atoms with van der Waals surface area (Å²) in [7, 11) is 1.88. The van der Waals surface area contributed by atoms with Crippen molar-refractivity contribution < 1.29 is 0 Å². The molecule has 0 aromatic heterocycles. The van der Waals surface area contributed by atoms with Crippen molar-refractivity contribution >= 4 is 11.8 Å². The second kappa shape index (κ2) is 8.24. The molecule has 3 heteroatoms. The average Bonchev–Trinajstić information content (AvgIpc) is 2.45. The zero-order valence-electron chi connectivity index (χ0n) is 12.2. The van der Waals surface area contributed by atoms with Crippen molar-refractivity contribution in [3.63, 3.8) is 0 Å². The lowest BCUT2D eigenvalue weighted by Gasteiger charge is -2.24. The summed E-state index contributed by atoms with van der Waals surface area (Å²) in [4.78, 5) is 0. The molecule has 0 fully saturated rings. The third-order valence-electron chi connectivity index (χ3n) is 3.71. The summed E-state index contributed by atoms with van der Waals surface area (Å²) in [5.74, 6) is 2.18. The first-order valence-electron chi connectivity index (χ1n) is 6.90. The molecule has 1 aromatic rings. The van der Waals surface area contributed by atoms with Crippen molar-refractivity contribution in [3.8, 4) is 6.07 Å². The van der Waals surface area contributed by atoms with Crippen molar-refractivity contribution in [2.24, 2.45) is 0 Å². The van der Waals surface area contributed by atoms with Crippen molar-refractivity contribution in [2.45, 2.75) is 44.4 Å². The Hall–Kier alpha value is -0.980. The van der Waals surface area contributed by atoms with Crippen molar-refractivity contribution in [1.29, 1.82) is 5.26 Å². The molecule has 1 N–H and O–H groups in total. The minimum atomic E-state index is -0.330. The van der Waals surface area contributed by atoms with E-state index in [0.29, 0.717) is 0 Å². The Balaban J connectivity index is 2.29. The van der Waals surface area contributed by atoms with Crippen LogP contribution in [-0.4, -0.2) is 18.3 Å². The molecule has 1 unspecified atom stereocenters. The molecule has 0 bridgehead atoms. The van der Waals surface area contributed by atoms with E-state index in [1.165, 1.54) is 11.1 Å². The third kappa shape index (κ3) is 4.89. The number of hydrogen-bond donors (Lipinski definition) is 1. The fourth-order valence-corrected chi connectivity index (χ4v) is 3.14. The van der Waals surface area contributed by atoms with Gasteiger partial charge < -0.3 is 5.32 Å². The first kappa shape index (κ1) is 16.1. The number of aryl methyl sites for hydroxylation is 1. The van der Waals surface area contributed by atoms with Gasteiger partial charge in [0.15, 0.2) is 0 Å². The SMILES string of the molecule is CCC(C#N)(CCCSCc1ccccc1C)NC. The van der Waals surface area contributed by atoms with Gasteiger partial charge >= 0.3 is 0 Å².